The number of carbonyl (C=O) groups is 2. The molecular weight excluding hydrogens is 338 g/mol. The Bertz CT molecular complexity index is 784. The lowest BCUT2D eigenvalue weighted by atomic mass is 10.2. The van der Waals surface area contributed by atoms with Gasteiger partial charge < -0.3 is 15.2 Å². The van der Waals surface area contributed by atoms with Gasteiger partial charge in [-0.25, -0.2) is 4.98 Å². The Morgan fingerprint density at radius 1 is 1.60 bits per heavy atom. The molecule has 1 aliphatic heterocycles. The molecule has 0 bridgehead atoms. The third-order valence-electron chi connectivity index (χ3n) is 3.69. The van der Waals surface area contributed by atoms with Gasteiger partial charge in [0.05, 0.1) is 11.8 Å². The number of imidazole rings is 1. The SMILES string of the molecule is C#CCNC(=O)C(C#N)=C1SC(CCc2cnc(C)[nH]2)C(=O)N1CC. The first-order valence-corrected chi connectivity index (χ1v) is 8.74. The first-order chi connectivity index (χ1) is 12.0. The maximum atomic E-state index is 12.6. The van der Waals surface area contributed by atoms with Gasteiger partial charge in [-0.1, -0.05) is 17.7 Å². The highest BCUT2D eigenvalue weighted by atomic mass is 32.2. The summed E-state index contributed by atoms with van der Waals surface area (Å²) in [6.07, 6.45) is 8.14. The third kappa shape index (κ3) is 4.23. The predicted octanol–water partition coefficient (Wildman–Crippen LogP) is 1.10. The molecule has 25 heavy (non-hydrogen) atoms. The molecule has 7 nitrogen and oxygen atoms in total. The zero-order chi connectivity index (χ0) is 18.4. The van der Waals surface area contributed by atoms with Crippen molar-refractivity contribution in [3.63, 3.8) is 0 Å². The van der Waals surface area contributed by atoms with Crippen LogP contribution in [0.5, 0.6) is 0 Å². The van der Waals surface area contributed by atoms with Crippen molar-refractivity contribution in [2.45, 2.75) is 31.9 Å². The minimum atomic E-state index is -0.556. The Hall–Kier alpha value is -2.71. The van der Waals surface area contributed by atoms with Crippen molar-refractivity contribution in [2.24, 2.45) is 0 Å². The summed E-state index contributed by atoms with van der Waals surface area (Å²) in [6, 6.07) is 1.90. The van der Waals surface area contributed by atoms with Crippen LogP contribution < -0.4 is 5.32 Å². The molecular formula is C17H19N5O2S. The van der Waals surface area contributed by atoms with Gasteiger partial charge in [-0.05, 0) is 26.7 Å². The molecule has 2 N–H and O–H groups in total. The van der Waals surface area contributed by atoms with E-state index in [1.54, 1.807) is 6.20 Å². The van der Waals surface area contributed by atoms with Crippen LogP contribution in [0.3, 0.4) is 0 Å². The largest absolute Gasteiger partial charge is 0.346 e. The Morgan fingerprint density at radius 3 is 2.92 bits per heavy atom. The fourth-order valence-corrected chi connectivity index (χ4v) is 3.83. The zero-order valence-corrected chi connectivity index (χ0v) is 14.9. The average Bonchev–Trinajstić information content (AvgIpc) is 3.15. The number of thioether (sulfide) groups is 1. The van der Waals surface area contributed by atoms with Crippen LogP contribution in [0.1, 0.15) is 24.9 Å². The number of terminal acetylenes is 1. The predicted molar refractivity (Wildman–Crippen MR) is 94.9 cm³/mol. The lowest BCUT2D eigenvalue weighted by molar-refractivity contribution is -0.127. The van der Waals surface area contributed by atoms with Crippen LogP contribution in [-0.4, -0.2) is 45.0 Å². The van der Waals surface area contributed by atoms with E-state index in [4.69, 9.17) is 6.42 Å². The van der Waals surface area contributed by atoms with E-state index < -0.39 is 5.91 Å². The lowest BCUT2D eigenvalue weighted by Crippen LogP contribution is -2.31. The number of hydrogen-bond donors (Lipinski definition) is 2. The zero-order valence-electron chi connectivity index (χ0n) is 14.1. The van der Waals surface area contributed by atoms with E-state index in [-0.39, 0.29) is 23.3 Å². The second kappa shape index (κ2) is 8.41. The van der Waals surface area contributed by atoms with Gasteiger partial charge in [0.1, 0.15) is 22.5 Å². The molecule has 1 unspecified atom stereocenters. The van der Waals surface area contributed by atoms with Gasteiger partial charge in [0.2, 0.25) is 5.91 Å². The molecule has 1 saturated heterocycles. The number of nitrogens with one attached hydrogen (secondary N) is 2. The van der Waals surface area contributed by atoms with E-state index in [9.17, 15) is 14.9 Å². The van der Waals surface area contributed by atoms with Gasteiger partial charge >= 0.3 is 0 Å². The van der Waals surface area contributed by atoms with E-state index in [2.05, 4.69) is 21.2 Å². The number of carbonyl (C=O) groups excluding carboxylic acids is 2. The fraction of sp³-hybridized carbons (Fsp3) is 0.412. The van der Waals surface area contributed by atoms with Crippen molar-refractivity contribution >= 4 is 23.6 Å². The summed E-state index contributed by atoms with van der Waals surface area (Å²) in [7, 11) is 0. The molecule has 2 amide bonds. The van der Waals surface area contributed by atoms with Crippen LogP contribution in [-0.2, 0) is 16.0 Å². The summed E-state index contributed by atoms with van der Waals surface area (Å²) < 4.78 is 0. The van der Waals surface area contributed by atoms with Crippen LogP contribution in [0.4, 0.5) is 0 Å². The highest BCUT2D eigenvalue weighted by molar-refractivity contribution is 8.04. The molecule has 1 fully saturated rings. The first kappa shape index (κ1) is 18.6. The number of hydrogen-bond acceptors (Lipinski definition) is 5. The van der Waals surface area contributed by atoms with Gasteiger partial charge in [-0.2, -0.15) is 5.26 Å². The fourth-order valence-electron chi connectivity index (χ4n) is 2.50. The Labute approximate surface area is 150 Å². The molecule has 2 rings (SSSR count). The number of nitrogens with zero attached hydrogens (tertiary/aromatic N) is 3. The van der Waals surface area contributed by atoms with Crippen LogP contribution in [0, 0.1) is 30.6 Å². The maximum Gasteiger partial charge on any atom is 0.265 e. The van der Waals surface area contributed by atoms with Gasteiger partial charge in [0, 0.05) is 18.4 Å². The molecule has 0 aliphatic carbocycles. The lowest BCUT2D eigenvalue weighted by Gasteiger charge is -2.15. The topological polar surface area (TPSA) is 102 Å². The summed E-state index contributed by atoms with van der Waals surface area (Å²) in [6.45, 7) is 4.11. The molecule has 8 heteroatoms. The Balaban J connectivity index is 2.17. The number of H-pyrrole nitrogens is 1. The molecule has 0 radical (unpaired) electrons. The smallest absolute Gasteiger partial charge is 0.265 e. The van der Waals surface area contributed by atoms with Crippen molar-refractivity contribution in [1.29, 1.82) is 5.26 Å². The molecule has 130 valence electrons. The summed E-state index contributed by atoms with van der Waals surface area (Å²) in [5.74, 6) is 2.47. The van der Waals surface area contributed by atoms with Gasteiger partial charge in [0.25, 0.3) is 5.91 Å². The van der Waals surface area contributed by atoms with Crippen molar-refractivity contribution in [1.82, 2.24) is 20.2 Å². The summed E-state index contributed by atoms with van der Waals surface area (Å²) in [5.41, 5.74) is 0.883. The van der Waals surface area contributed by atoms with Crippen LogP contribution in [0.15, 0.2) is 16.8 Å². The van der Waals surface area contributed by atoms with Crippen molar-refractivity contribution in [3.05, 3.63) is 28.3 Å². The van der Waals surface area contributed by atoms with Gasteiger partial charge in [-0.15, -0.1) is 6.42 Å². The monoisotopic (exact) mass is 357 g/mol. The number of nitriles is 1. The van der Waals surface area contributed by atoms with Gasteiger partial charge in [0.15, 0.2) is 0 Å². The molecule has 2 heterocycles. The van der Waals surface area contributed by atoms with Crippen LogP contribution in [0.25, 0.3) is 0 Å². The highest BCUT2D eigenvalue weighted by Crippen LogP contribution is 2.39. The second-order valence-corrected chi connectivity index (χ2v) is 6.59. The Morgan fingerprint density at radius 2 is 2.36 bits per heavy atom. The number of amides is 2. The minimum absolute atomic E-state index is 0.0324. The maximum absolute atomic E-state index is 12.6. The van der Waals surface area contributed by atoms with Crippen LogP contribution in [0.2, 0.25) is 0 Å². The summed E-state index contributed by atoms with van der Waals surface area (Å²) in [5, 5.41) is 11.9. The van der Waals surface area contributed by atoms with E-state index in [0.29, 0.717) is 24.4 Å². The molecule has 1 aromatic rings. The molecule has 0 spiro atoms. The Kier molecular flexibility index (Phi) is 6.26. The van der Waals surface area contributed by atoms with E-state index >= 15 is 0 Å². The highest BCUT2D eigenvalue weighted by Gasteiger charge is 2.38. The molecule has 1 atom stereocenters. The molecule has 1 aliphatic rings. The average molecular weight is 357 g/mol. The normalized spacial score (nSPS) is 18.6. The number of aryl methyl sites for hydroxylation is 2. The second-order valence-electron chi connectivity index (χ2n) is 5.40. The van der Waals surface area contributed by atoms with Crippen molar-refractivity contribution in [3.8, 4) is 18.4 Å². The number of aromatic amines is 1. The van der Waals surface area contributed by atoms with Crippen LogP contribution >= 0.6 is 11.8 Å². The van der Waals surface area contributed by atoms with Crippen molar-refractivity contribution < 1.29 is 9.59 Å². The number of rotatable bonds is 6. The van der Waals surface area contributed by atoms with Crippen molar-refractivity contribution in [2.75, 3.05) is 13.1 Å². The minimum Gasteiger partial charge on any atom is -0.346 e. The molecule has 1 aromatic heterocycles. The number of aromatic nitrogens is 2. The quantitative estimate of drug-likeness (QED) is 0.451. The van der Waals surface area contributed by atoms with E-state index in [1.165, 1.54) is 16.7 Å². The van der Waals surface area contributed by atoms with E-state index in [0.717, 1.165) is 11.5 Å². The summed E-state index contributed by atoms with van der Waals surface area (Å²) in [4.78, 5) is 33.5. The summed E-state index contributed by atoms with van der Waals surface area (Å²) >= 11 is 1.26. The first-order valence-electron chi connectivity index (χ1n) is 7.86. The standard InChI is InChI=1S/C17H19N5O2S/c1-4-8-19-15(23)13(9-18)17-22(5-2)16(24)14(25-17)7-6-12-10-20-11(3)21-12/h1,10,14H,5-8H2,2-3H3,(H,19,23)(H,20,21). The van der Waals surface area contributed by atoms with E-state index in [1.807, 2.05) is 19.9 Å². The third-order valence-corrected chi connectivity index (χ3v) is 5.06. The molecule has 0 saturated carbocycles. The molecule has 0 aromatic carbocycles. The van der Waals surface area contributed by atoms with Gasteiger partial charge in [-0.3, -0.25) is 9.59 Å².